The van der Waals surface area contributed by atoms with E-state index in [0.29, 0.717) is 31.6 Å². The Morgan fingerprint density at radius 2 is 1.88 bits per heavy atom. The topological polar surface area (TPSA) is 113 Å². The molecule has 1 saturated heterocycles. The molecule has 1 heterocycles. The number of carbonyl (C=O) groups excluding carboxylic acids is 3. The zero-order valence-electron chi connectivity index (χ0n) is 17.5. The van der Waals surface area contributed by atoms with Crippen LogP contribution in [0, 0.1) is 0 Å². The monoisotopic (exact) mass is 444 g/mol. The summed E-state index contributed by atoms with van der Waals surface area (Å²) < 4.78 is 18.5. The van der Waals surface area contributed by atoms with Crippen molar-refractivity contribution in [3.05, 3.63) is 42.5 Å². The molecule has 0 aliphatic carbocycles. The lowest BCUT2D eigenvalue weighted by molar-refractivity contribution is -0.145. The molecule has 1 fully saturated rings. The summed E-state index contributed by atoms with van der Waals surface area (Å²) in [5, 5.41) is 13.1. The molecular weight excluding hydrogens is 419 g/mol. The SMILES string of the molecule is O=C(O)CC(NC(=O)[C@@H]1CCCCN1C(=O)COc1cccc2ccccc12)C(=O)CF. The Bertz CT molecular complexity index is 1010. The Labute approximate surface area is 184 Å². The van der Waals surface area contributed by atoms with Crippen molar-refractivity contribution >= 4 is 34.3 Å². The number of fused-ring (bicyclic) bond motifs is 1. The van der Waals surface area contributed by atoms with Crippen molar-refractivity contribution in [2.75, 3.05) is 19.8 Å². The second kappa shape index (κ2) is 10.7. The molecule has 8 nitrogen and oxygen atoms in total. The number of Topliss-reactive ketones (excluding diaryl/α,β-unsaturated/α-hetero) is 1. The minimum absolute atomic E-state index is 0.278. The number of halogens is 1. The van der Waals surface area contributed by atoms with Gasteiger partial charge in [0.2, 0.25) is 5.91 Å². The van der Waals surface area contributed by atoms with Crippen LogP contribution in [-0.2, 0) is 19.2 Å². The summed E-state index contributed by atoms with van der Waals surface area (Å²) in [7, 11) is 0. The van der Waals surface area contributed by atoms with Crippen molar-refractivity contribution in [1.82, 2.24) is 10.2 Å². The number of nitrogens with one attached hydrogen (secondary N) is 1. The number of likely N-dealkylation sites (tertiary alicyclic amines) is 1. The number of carboxylic acids is 1. The Morgan fingerprint density at radius 3 is 2.62 bits per heavy atom. The van der Waals surface area contributed by atoms with E-state index in [4.69, 9.17) is 9.84 Å². The fraction of sp³-hybridized carbons (Fsp3) is 0.391. The summed E-state index contributed by atoms with van der Waals surface area (Å²) in [6.07, 6.45) is 1.02. The van der Waals surface area contributed by atoms with Crippen LogP contribution < -0.4 is 10.1 Å². The first-order valence-electron chi connectivity index (χ1n) is 10.4. The van der Waals surface area contributed by atoms with E-state index in [1.54, 1.807) is 6.07 Å². The first-order chi connectivity index (χ1) is 15.4. The average molecular weight is 444 g/mol. The van der Waals surface area contributed by atoms with Crippen LogP contribution in [0.15, 0.2) is 42.5 Å². The number of carboxylic acid groups (broad SMARTS) is 1. The predicted molar refractivity (Wildman–Crippen MR) is 114 cm³/mol. The van der Waals surface area contributed by atoms with Crippen LogP contribution >= 0.6 is 0 Å². The summed E-state index contributed by atoms with van der Waals surface area (Å²) in [4.78, 5) is 49.7. The second-order valence-electron chi connectivity index (χ2n) is 7.62. The lowest BCUT2D eigenvalue weighted by Crippen LogP contribution is -2.56. The smallest absolute Gasteiger partial charge is 0.305 e. The van der Waals surface area contributed by atoms with Gasteiger partial charge in [-0.3, -0.25) is 19.2 Å². The zero-order chi connectivity index (χ0) is 23.1. The average Bonchev–Trinajstić information content (AvgIpc) is 2.81. The number of benzene rings is 2. The highest BCUT2D eigenvalue weighted by molar-refractivity contribution is 5.95. The highest BCUT2D eigenvalue weighted by Crippen LogP contribution is 2.25. The van der Waals surface area contributed by atoms with E-state index in [1.165, 1.54) is 4.90 Å². The highest BCUT2D eigenvalue weighted by atomic mass is 19.1. The number of hydrogen-bond donors (Lipinski definition) is 2. The van der Waals surface area contributed by atoms with Crippen molar-refractivity contribution in [3.8, 4) is 5.75 Å². The molecule has 0 saturated carbocycles. The molecule has 170 valence electrons. The number of amides is 2. The molecule has 2 atom stereocenters. The first-order valence-corrected chi connectivity index (χ1v) is 10.4. The summed E-state index contributed by atoms with van der Waals surface area (Å²) >= 11 is 0. The number of alkyl halides is 1. The van der Waals surface area contributed by atoms with E-state index < -0.39 is 48.7 Å². The maximum Gasteiger partial charge on any atom is 0.305 e. The van der Waals surface area contributed by atoms with Crippen molar-refractivity contribution in [2.24, 2.45) is 0 Å². The van der Waals surface area contributed by atoms with E-state index in [9.17, 15) is 23.6 Å². The molecule has 0 aromatic heterocycles. The standard InChI is InChI=1S/C23H25FN2O6/c24-13-19(27)17(12-22(29)30)25-23(31)18-9-3-4-11-26(18)21(28)14-32-20-10-5-7-15-6-1-2-8-16(15)20/h1-2,5-8,10,17-18H,3-4,9,11-14H2,(H,25,31)(H,29,30)/t17?,18-/m0/s1. The van der Waals surface area contributed by atoms with Gasteiger partial charge in [0.1, 0.15) is 24.5 Å². The molecule has 1 unspecified atom stereocenters. The van der Waals surface area contributed by atoms with Gasteiger partial charge in [0.05, 0.1) is 6.42 Å². The summed E-state index contributed by atoms with van der Waals surface area (Å²) in [6, 6.07) is 10.7. The molecule has 0 radical (unpaired) electrons. The van der Waals surface area contributed by atoms with Gasteiger partial charge in [-0.1, -0.05) is 36.4 Å². The third kappa shape index (κ3) is 5.60. The van der Waals surface area contributed by atoms with E-state index >= 15 is 0 Å². The quantitative estimate of drug-likeness (QED) is 0.613. The van der Waals surface area contributed by atoms with Crippen LogP contribution in [0.4, 0.5) is 4.39 Å². The Hall–Kier alpha value is -3.49. The highest BCUT2D eigenvalue weighted by Gasteiger charge is 2.34. The fourth-order valence-electron chi connectivity index (χ4n) is 3.83. The van der Waals surface area contributed by atoms with Gasteiger partial charge in [-0.05, 0) is 30.7 Å². The van der Waals surface area contributed by atoms with Gasteiger partial charge >= 0.3 is 5.97 Å². The molecule has 2 N–H and O–H groups in total. The number of ketones is 1. The lowest BCUT2D eigenvalue weighted by atomic mass is 10.00. The van der Waals surface area contributed by atoms with Gasteiger partial charge in [-0.25, -0.2) is 4.39 Å². The fourth-order valence-corrected chi connectivity index (χ4v) is 3.83. The van der Waals surface area contributed by atoms with Gasteiger partial charge in [0.15, 0.2) is 12.4 Å². The number of nitrogens with zero attached hydrogens (tertiary/aromatic N) is 1. The number of ether oxygens (including phenoxy) is 1. The molecule has 9 heteroatoms. The first kappa shape index (κ1) is 23.2. The number of rotatable bonds is 9. The summed E-state index contributed by atoms with van der Waals surface area (Å²) in [6.45, 7) is -1.33. The molecule has 32 heavy (non-hydrogen) atoms. The number of hydrogen-bond acceptors (Lipinski definition) is 5. The van der Waals surface area contributed by atoms with Crippen LogP contribution in [0.2, 0.25) is 0 Å². The third-order valence-corrected chi connectivity index (χ3v) is 5.44. The molecule has 2 aromatic carbocycles. The second-order valence-corrected chi connectivity index (χ2v) is 7.62. The van der Waals surface area contributed by atoms with Crippen molar-refractivity contribution < 1.29 is 33.4 Å². The minimum Gasteiger partial charge on any atom is -0.483 e. The molecule has 0 bridgehead atoms. The molecule has 1 aliphatic heterocycles. The van der Waals surface area contributed by atoms with Gasteiger partial charge in [-0.2, -0.15) is 0 Å². The van der Waals surface area contributed by atoms with E-state index in [2.05, 4.69) is 5.32 Å². The van der Waals surface area contributed by atoms with Crippen LogP contribution in [0.5, 0.6) is 5.75 Å². The minimum atomic E-state index is -1.48. The summed E-state index contributed by atoms with van der Waals surface area (Å²) in [5.74, 6) is -2.88. The van der Waals surface area contributed by atoms with Crippen LogP contribution in [0.3, 0.4) is 0 Å². The van der Waals surface area contributed by atoms with E-state index in [-0.39, 0.29) is 6.61 Å². The Morgan fingerprint density at radius 1 is 1.12 bits per heavy atom. The Kier molecular flexibility index (Phi) is 7.75. The number of aliphatic carboxylic acids is 1. The maximum absolute atomic E-state index is 12.9. The molecule has 0 spiro atoms. The normalized spacial score (nSPS) is 16.9. The van der Waals surface area contributed by atoms with Gasteiger partial charge in [0, 0.05) is 11.9 Å². The van der Waals surface area contributed by atoms with Gasteiger partial charge in [0.25, 0.3) is 5.91 Å². The van der Waals surface area contributed by atoms with E-state index in [1.807, 2.05) is 36.4 Å². The maximum atomic E-state index is 12.9. The third-order valence-electron chi connectivity index (χ3n) is 5.44. The number of piperidine rings is 1. The number of carbonyl (C=O) groups is 4. The van der Waals surface area contributed by atoms with Crippen molar-refractivity contribution in [1.29, 1.82) is 0 Å². The molecule has 2 amide bonds. The van der Waals surface area contributed by atoms with Gasteiger partial charge < -0.3 is 20.1 Å². The van der Waals surface area contributed by atoms with Crippen LogP contribution in [0.25, 0.3) is 10.8 Å². The molecular formula is C23H25FN2O6. The van der Waals surface area contributed by atoms with Crippen LogP contribution in [-0.4, -0.2) is 65.5 Å². The van der Waals surface area contributed by atoms with Crippen molar-refractivity contribution in [2.45, 2.75) is 37.8 Å². The molecule has 2 aromatic rings. The lowest BCUT2D eigenvalue weighted by Gasteiger charge is -2.35. The molecule has 1 aliphatic rings. The molecule has 3 rings (SSSR count). The Balaban J connectivity index is 1.68. The van der Waals surface area contributed by atoms with Crippen LogP contribution in [0.1, 0.15) is 25.7 Å². The van der Waals surface area contributed by atoms with Gasteiger partial charge in [-0.15, -0.1) is 0 Å². The predicted octanol–water partition coefficient (Wildman–Crippen LogP) is 2.10. The summed E-state index contributed by atoms with van der Waals surface area (Å²) in [5.41, 5.74) is 0. The zero-order valence-corrected chi connectivity index (χ0v) is 17.5. The van der Waals surface area contributed by atoms with E-state index in [0.717, 1.165) is 10.8 Å². The largest absolute Gasteiger partial charge is 0.483 e. The van der Waals surface area contributed by atoms with Crippen molar-refractivity contribution in [3.63, 3.8) is 0 Å².